The van der Waals surface area contributed by atoms with Crippen LogP contribution in [0, 0.1) is 0 Å². The maximum atomic E-state index is 12.9. The number of unbranched alkanes of at least 4 members (excludes halogenated alkanes) is 1. The molecule has 2 heterocycles. The van der Waals surface area contributed by atoms with Gasteiger partial charge in [-0.3, -0.25) is 14.4 Å². The van der Waals surface area contributed by atoms with Gasteiger partial charge in [0.05, 0.1) is 42.5 Å². The lowest BCUT2D eigenvalue weighted by molar-refractivity contribution is -0.144. The maximum absolute atomic E-state index is 12.9. The summed E-state index contributed by atoms with van der Waals surface area (Å²) in [7, 11) is -4.09. The highest BCUT2D eigenvalue weighted by Crippen LogP contribution is 2.40. The molecule has 382 valence electrons. The Morgan fingerprint density at radius 2 is 1.11 bits per heavy atom. The van der Waals surface area contributed by atoms with Crippen LogP contribution in [0.3, 0.4) is 0 Å². The Kier molecular flexibility index (Phi) is 27.8. The van der Waals surface area contributed by atoms with Gasteiger partial charge < -0.3 is 39.4 Å². The molecular formula is C51H64O16S3. The fourth-order valence-corrected chi connectivity index (χ4v) is 10.2. The number of carbonyl (C=O) groups excluding carboxylic acids is 4. The molecule has 2 saturated heterocycles. The molecular weight excluding hydrogens is 965 g/mol. The number of ether oxygens (including phenoxy) is 4. The van der Waals surface area contributed by atoms with Crippen LogP contribution in [-0.4, -0.2) is 120 Å². The quantitative estimate of drug-likeness (QED) is 0.0625. The predicted molar refractivity (Wildman–Crippen MR) is 268 cm³/mol. The zero-order valence-corrected chi connectivity index (χ0v) is 42.1. The summed E-state index contributed by atoms with van der Waals surface area (Å²) in [6.07, 6.45) is 3.80. The second kappa shape index (κ2) is 32.2. The molecule has 6 atom stereocenters. The van der Waals surface area contributed by atoms with E-state index in [0.29, 0.717) is 50.0 Å². The minimum absolute atomic E-state index is 0.0145. The fourth-order valence-electron chi connectivity index (χ4n) is 6.11. The van der Waals surface area contributed by atoms with Crippen molar-refractivity contribution in [3.8, 4) is 0 Å². The van der Waals surface area contributed by atoms with Crippen LogP contribution in [0.4, 0.5) is 0 Å². The van der Waals surface area contributed by atoms with Crippen molar-refractivity contribution in [2.75, 3.05) is 39.6 Å². The number of hydrogen-bond donors (Lipinski definition) is 4. The van der Waals surface area contributed by atoms with Crippen LogP contribution in [0.5, 0.6) is 0 Å². The highest BCUT2D eigenvalue weighted by atomic mass is 32.2. The molecule has 0 aromatic heterocycles. The molecule has 3 aromatic carbocycles. The lowest BCUT2D eigenvalue weighted by Crippen LogP contribution is -2.35. The average Bonchev–Trinajstić information content (AvgIpc) is 3.35. The molecule has 4 N–H and O–H groups in total. The summed E-state index contributed by atoms with van der Waals surface area (Å²) in [5.41, 5.74) is 2.16. The number of cyclic esters (lactones) is 4. The van der Waals surface area contributed by atoms with E-state index < -0.39 is 60.7 Å². The van der Waals surface area contributed by atoms with Crippen molar-refractivity contribution >= 4 is 69.2 Å². The van der Waals surface area contributed by atoms with Crippen molar-refractivity contribution in [2.24, 2.45) is 0 Å². The van der Waals surface area contributed by atoms with E-state index in [4.69, 9.17) is 39.4 Å². The number of sulfone groups is 1. The van der Waals surface area contributed by atoms with E-state index in [0.717, 1.165) is 35.7 Å². The summed E-state index contributed by atoms with van der Waals surface area (Å²) < 4.78 is 46.5. The number of aliphatic hydroxyl groups is 2. The zero-order chi connectivity index (χ0) is 52.2. The molecule has 0 bridgehead atoms. The third kappa shape index (κ3) is 20.3. The zero-order valence-electron chi connectivity index (χ0n) is 39.6. The molecule has 3 aromatic rings. The number of benzene rings is 3. The Balaban J connectivity index is 0.000000342. The highest BCUT2D eigenvalue weighted by Gasteiger charge is 2.41. The van der Waals surface area contributed by atoms with Gasteiger partial charge in [-0.15, -0.1) is 23.5 Å². The van der Waals surface area contributed by atoms with Crippen LogP contribution < -0.4 is 0 Å². The Hall–Kier alpha value is -5.73. The number of carboxylic acid groups (broad SMARTS) is 2. The van der Waals surface area contributed by atoms with Gasteiger partial charge in [0.15, 0.2) is 15.1 Å². The molecule has 2 fully saturated rings. The molecule has 0 spiro atoms. The van der Waals surface area contributed by atoms with Crippen molar-refractivity contribution in [1.82, 2.24) is 0 Å². The van der Waals surface area contributed by atoms with Crippen molar-refractivity contribution in [3.63, 3.8) is 0 Å². The van der Waals surface area contributed by atoms with Crippen LogP contribution in [0.15, 0.2) is 127 Å². The van der Waals surface area contributed by atoms with Gasteiger partial charge >= 0.3 is 35.8 Å². The van der Waals surface area contributed by atoms with Gasteiger partial charge in [-0.1, -0.05) is 111 Å². The molecule has 0 aliphatic carbocycles. The van der Waals surface area contributed by atoms with Crippen LogP contribution in [0.25, 0.3) is 0 Å². The number of carboxylic acids is 2. The van der Waals surface area contributed by atoms with Gasteiger partial charge in [0.2, 0.25) is 0 Å². The monoisotopic (exact) mass is 1030 g/mol. The fraction of sp³-hybridized carbons (Fsp3) is 0.412. The minimum atomic E-state index is -4.09. The van der Waals surface area contributed by atoms with Crippen LogP contribution >= 0.6 is 23.5 Å². The third-order valence-corrected chi connectivity index (χ3v) is 15.4. The first-order valence-corrected chi connectivity index (χ1v) is 25.9. The number of thioether (sulfide) groups is 2. The number of rotatable bonds is 11. The third-order valence-electron chi connectivity index (χ3n) is 10.2. The topological polar surface area (TPSA) is 254 Å². The Morgan fingerprint density at radius 1 is 0.686 bits per heavy atom. The lowest BCUT2D eigenvalue weighted by Gasteiger charge is -2.23. The van der Waals surface area contributed by atoms with Crippen molar-refractivity contribution in [1.29, 1.82) is 0 Å². The van der Waals surface area contributed by atoms with Gasteiger partial charge in [-0.05, 0) is 76.0 Å². The molecule has 6 unspecified atom stereocenters. The van der Waals surface area contributed by atoms with E-state index >= 15 is 0 Å². The first-order chi connectivity index (χ1) is 33.3. The summed E-state index contributed by atoms with van der Waals surface area (Å²) in [5.74, 6) is -4.34. The lowest BCUT2D eigenvalue weighted by atomic mass is 10.1. The smallest absolute Gasteiger partial charge is 0.335 e. The van der Waals surface area contributed by atoms with Gasteiger partial charge in [-0.2, -0.15) is 0 Å². The maximum Gasteiger partial charge on any atom is 0.335 e. The van der Waals surface area contributed by atoms with Crippen LogP contribution in [0.2, 0.25) is 0 Å². The first kappa shape index (κ1) is 60.4. The normalized spacial score (nSPS) is 20.9. The standard InChI is InChI=1S/C17H20O6S.C17H20O4S.C13H14O4S.C4H10O2/c1-12-15(14-8-4-3-5-9-14)24(20,21)13(2)17(19)23-11-7-6-10-22-16(12)18;1-12-15(14-8-4-3-5-9-14)22-13(2)17(19)21-11-7-6-10-20-16(12)18;1-8(12(14)15)11(18-9(2)13(16)17)10-6-4-3-5-7-10;5-3-1-2-4-6/h3-5,8-9,13,15H,1,6-7,10-11H2,2H3;3-5,8-9,13,15H,1,6-7,10-11H2,2H3;3-7,9,11H,1H2,2H3,(H,14,15)(H,16,17);5-6H,1-4H2. The first-order valence-electron chi connectivity index (χ1n) is 22.4. The molecule has 19 heteroatoms. The second-order valence-corrected chi connectivity index (χ2v) is 20.8. The van der Waals surface area contributed by atoms with Crippen molar-refractivity contribution in [2.45, 2.75) is 90.8 Å². The van der Waals surface area contributed by atoms with E-state index in [1.165, 1.54) is 25.6 Å². The summed E-state index contributed by atoms with van der Waals surface area (Å²) in [4.78, 5) is 70.3. The Morgan fingerprint density at radius 3 is 1.57 bits per heavy atom. The average molecular weight is 1030 g/mol. The number of esters is 4. The SMILES string of the molecule is C=C(C(=O)O)C(SC(C)C(=O)O)c1ccccc1.C=C1C(=O)OCCCCOC(=O)C(C)S(=O)(=O)C1c1ccccc1.C=C1C(=O)OCCCCOC(=O)C(C)SC1c1ccccc1.OCCCCO. The minimum Gasteiger partial charge on any atom is -0.480 e. The van der Waals surface area contributed by atoms with Crippen LogP contribution in [-0.2, 0) is 57.6 Å². The summed E-state index contributed by atoms with van der Waals surface area (Å²) in [6.45, 7) is 16.9. The summed E-state index contributed by atoms with van der Waals surface area (Å²) in [5, 5.41) is 29.3. The summed E-state index contributed by atoms with van der Waals surface area (Å²) in [6, 6.07) is 26.6. The van der Waals surface area contributed by atoms with Gasteiger partial charge in [0.25, 0.3) is 0 Å². The molecule has 5 rings (SSSR count). The van der Waals surface area contributed by atoms with Crippen LogP contribution in [0.1, 0.15) is 91.7 Å². The molecule has 2 aliphatic rings. The van der Waals surface area contributed by atoms with E-state index in [1.807, 2.05) is 36.4 Å². The van der Waals surface area contributed by atoms with Gasteiger partial charge in [0, 0.05) is 24.4 Å². The molecule has 70 heavy (non-hydrogen) atoms. The van der Waals surface area contributed by atoms with Crippen molar-refractivity contribution < 1.29 is 76.6 Å². The van der Waals surface area contributed by atoms with E-state index in [1.54, 1.807) is 61.5 Å². The van der Waals surface area contributed by atoms with Gasteiger partial charge in [0.1, 0.15) is 15.7 Å². The Bertz CT molecular complexity index is 2280. The van der Waals surface area contributed by atoms with E-state index in [-0.39, 0.29) is 54.0 Å². The molecule has 0 amide bonds. The number of aliphatic carboxylic acids is 2. The second-order valence-electron chi connectivity index (χ2n) is 15.6. The van der Waals surface area contributed by atoms with E-state index in [9.17, 15) is 37.2 Å². The molecule has 0 saturated carbocycles. The summed E-state index contributed by atoms with van der Waals surface area (Å²) >= 11 is 2.42. The number of hydrogen-bond acceptors (Lipinski definition) is 16. The number of aliphatic hydroxyl groups excluding tert-OH is 2. The number of carbonyl (C=O) groups is 6. The molecule has 2 aliphatic heterocycles. The van der Waals surface area contributed by atoms with Gasteiger partial charge in [-0.25, -0.2) is 22.8 Å². The Labute approximate surface area is 418 Å². The van der Waals surface area contributed by atoms with Crippen molar-refractivity contribution in [3.05, 3.63) is 144 Å². The molecule has 16 nitrogen and oxygen atoms in total. The van der Waals surface area contributed by atoms with E-state index in [2.05, 4.69) is 19.7 Å². The predicted octanol–water partition coefficient (Wildman–Crippen LogP) is 7.58. The highest BCUT2D eigenvalue weighted by molar-refractivity contribution is 8.01. The largest absolute Gasteiger partial charge is 0.480 e. The molecule has 0 radical (unpaired) electrons.